The molecule has 4 N–H and O–H groups in total. The van der Waals surface area contributed by atoms with Crippen molar-refractivity contribution >= 4 is 23.1 Å². The maximum Gasteiger partial charge on any atom is 0.231 e. The molecule has 0 spiro atoms. The van der Waals surface area contributed by atoms with Crippen molar-refractivity contribution in [2.75, 3.05) is 13.1 Å². The minimum atomic E-state index is -0.311. The van der Waals surface area contributed by atoms with Crippen molar-refractivity contribution in [3.8, 4) is 0 Å². The normalized spacial score (nSPS) is 10.6. The number of aryl methyl sites for hydroxylation is 1. The summed E-state index contributed by atoms with van der Waals surface area (Å²) in [5, 5.41) is 0. The van der Waals surface area contributed by atoms with E-state index in [4.69, 9.17) is 23.7 Å². The first-order valence-corrected chi connectivity index (χ1v) is 6.24. The van der Waals surface area contributed by atoms with E-state index in [1.165, 1.54) is 0 Å². The third-order valence-electron chi connectivity index (χ3n) is 2.85. The standard InChI is InChI=1S/C13H19N3OS/c1-3-16(8-12(14)17)7-11-5-4-10(13(15)18)6-9(11)2/h4-6H,3,7-8H2,1-2H3,(H2,14,17)(H2,15,18). The lowest BCUT2D eigenvalue weighted by atomic mass is 10.0. The van der Waals surface area contributed by atoms with Crippen LogP contribution in [0.3, 0.4) is 0 Å². The molecule has 0 fully saturated rings. The van der Waals surface area contributed by atoms with Crippen LogP contribution in [0.1, 0.15) is 23.6 Å². The van der Waals surface area contributed by atoms with E-state index in [-0.39, 0.29) is 12.5 Å². The third-order valence-corrected chi connectivity index (χ3v) is 3.08. The van der Waals surface area contributed by atoms with Crippen LogP contribution in [0.4, 0.5) is 0 Å². The predicted octanol–water partition coefficient (Wildman–Crippen LogP) is 0.936. The molecule has 98 valence electrons. The van der Waals surface area contributed by atoms with Crippen LogP contribution in [-0.4, -0.2) is 28.9 Å². The molecule has 1 aromatic carbocycles. The summed E-state index contributed by atoms with van der Waals surface area (Å²) in [6.45, 7) is 5.76. The Kier molecular flexibility index (Phi) is 5.25. The molecule has 0 aliphatic heterocycles. The van der Waals surface area contributed by atoms with Crippen LogP contribution < -0.4 is 11.5 Å². The Hall–Kier alpha value is -1.46. The van der Waals surface area contributed by atoms with Gasteiger partial charge in [-0.15, -0.1) is 0 Å². The first-order chi connectivity index (χ1) is 8.43. The highest BCUT2D eigenvalue weighted by atomic mass is 32.1. The van der Waals surface area contributed by atoms with Crippen LogP contribution in [0.2, 0.25) is 0 Å². The van der Waals surface area contributed by atoms with Gasteiger partial charge in [0, 0.05) is 12.1 Å². The number of carbonyl (C=O) groups excluding carboxylic acids is 1. The first-order valence-electron chi connectivity index (χ1n) is 5.84. The van der Waals surface area contributed by atoms with Crippen LogP contribution >= 0.6 is 12.2 Å². The summed E-state index contributed by atoms with van der Waals surface area (Å²) in [7, 11) is 0. The molecule has 18 heavy (non-hydrogen) atoms. The van der Waals surface area contributed by atoms with Gasteiger partial charge in [-0.05, 0) is 30.7 Å². The minimum absolute atomic E-state index is 0.271. The van der Waals surface area contributed by atoms with Gasteiger partial charge in [-0.3, -0.25) is 9.69 Å². The predicted molar refractivity (Wildman–Crippen MR) is 77.2 cm³/mol. The second kappa shape index (κ2) is 6.47. The molecule has 0 saturated heterocycles. The highest BCUT2D eigenvalue weighted by Gasteiger charge is 2.09. The van der Waals surface area contributed by atoms with Crippen LogP contribution in [-0.2, 0) is 11.3 Å². The van der Waals surface area contributed by atoms with Crippen LogP contribution in [0.25, 0.3) is 0 Å². The topological polar surface area (TPSA) is 72.3 Å². The Balaban J connectivity index is 2.83. The van der Waals surface area contributed by atoms with Crippen molar-refractivity contribution in [1.82, 2.24) is 4.90 Å². The second-order valence-corrected chi connectivity index (χ2v) is 4.71. The highest BCUT2D eigenvalue weighted by Crippen LogP contribution is 2.13. The quantitative estimate of drug-likeness (QED) is 0.751. The number of likely N-dealkylation sites (N-methyl/N-ethyl adjacent to an activating group) is 1. The summed E-state index contributed by atoms with van der Waals surface area (Å²) in [6.07, 6.45) is 0. The van der Waals surface area contributed by atoms with Crippen molar-refractivity contribution in [2.45, 2.75) is 20.4 Å². The Morgan fingerprint density at radius 2 is 2.06 bits per heavy atom. The number of amides is 1. The maximum atomic E-state index is 10.9. The molecular formula is C13H19N3OS. The molecule has 0 aliphatic rings. The average Bonchev–Trinajstić information content (AvgIpc) is 2.29. The number of primary amides is 1. The van der Waals surface area contributed by atoms with Gasteiger partial charge in [0.1, 0.15) is 4.99 Å². The van der Waals surface area contributed by atoms with Gasteiger partial charge < -0.3 is 11.5 Å². The van der Waals surface area contributed by atoms with E-state index < -0.39 is 0 Å². The van der Waals surface area contributed by atoms with Crippen molar-refractivity contribution in [2.24, 2.45) is 11.5 Å². The molecule has 1 rings (SSSR count). The van der Waals surface area contributed by atoms with E-state index in [2.05, 4.69) is 0 Å². The number of thiocarbonyl (C=S) groups is 1. The Bertz CT molecular complexity index is 460. The minimum Gasteiger partial charge on any atom is -0.389 e. The fourth-order valence-electron chi connectivity index (χ4n) is 1.77. The van der Waals surface area contributed by atoms with Gasteiger partial charge in [0.05, 0.1) is 6.54 Å². The van der Waals surface area contributed by atoms with Crippen molar-refractivity contribution in [3.05, 3.63) is 34.9 Å². The molecule has 1 aromatic rings. The molecular weight excluding hydrogens is 246 g/mol. The van der Waals surface area contributed by atoms with Gasteiger partial charge >= 0.3 is 0 Å². The lowest BCUT2D eigenvalue weighted by Gasteiger charge is -2.20. The average molecular weight is 265 g/mol. The summed E-state index contributed by atoms with van der Waals surface area (Å²) >= 11 is 4.94. The molecule has 0 radical (unpaired) electrons. The number of hydrogen-bond acceptors (Lipinski definition) is 3. The first kappa shape index (κ1) is 14.6. The Morgan fingerprint density at radius 1 is 1.39 bits per heavy atom. The number of rotatable bonds is 6. The Labute approximate surface area is 113 Å². The molecule has 0 atom stereocenters. The zero-order valence-electron chi connectivity index (χ0n) is 10.8. The fraction of sp³-hybridized carbons (Fsp3) is 0.385. The number of nitrogens with zero attached hydrogens (tertiary/aromatic N) is 1. The fourth-order valence-corrected chi connectivity index (χ4v) is 1.89. The summed E-state index contributed by atoms with van der Waals surface area (Å²) in [6, 6.07) is 5.87. The summed E-state index contributed by atoms with van der Waals surface area (Å²) in [4.78, 5) is 13.3. The Morgan fingerprint density at radius 3 is 2.50 bits per heavy atom. The molecule has 4 nitrogen and oxygen atoms in total. The van der Waals surface area contributed by atoms with Crippen molar-refractivity contribution in [1.29, 1.82) is 0 Å². The monoisotopic (exact) mass is 265 g/mol. The molecule has 0 heterocycles. The number of nitrogens with two attached hydrogens (primary N) is 2. The second-order valence-electron chi connectivity index (χ2n) is 4.28. The molecule has 0 saturated carbocycles. The zero-order chi connectivity index (χ0) is 13.7. The number of hydrogen-bond donors (Lipinski definition) is 2. The lowest BCUT2D eigenvalue weighted by molar-refractivity contribution is -0.119. The van der Waals surface area contributed by atoms with Crippen molar-refractivity contribution < 1.29 is 4.79 Å². The van der Waals surface area contributed by atoms with Gasteiger partial charge in [0.2, 0.25) is 5.91 Å². The van der Waals surface area contributed by atoms with Gasteiger partial charge in [-0.1, -0.05) is 31.3 Å². The summed E-state index contributed by atoms with van der Waals surface area (Å²) < 4.78 is 0. The van der Waals surface area contributed by atoms with Crippen LogP contribution in [0, 0.1) is 6.92 Å². The molecule has 1 amide bonds. The van der Waals surface area contributed by atoms with Crippen LogP contribution in [0.15, 0.2) is 18.2 Å². The van der Waals surface area contributed by atoms with Gasteiger partial charge in [-0.25, -0.2) is 0 Å². The highest BCUT2D eigenvalue weighted by molar-refractivity contribution is 7.80. The van der Waals surface area contributed by atoms with E-state index >= 15 is 0 Å². The van der Waals surface area contributed by atoms with E-state index in [9.17, 15) is 4.79 Å². The van der Waals surface area contributed by atoms with Gasteiger partial charge in [0.25, 0.3) is 0 Å². The number of benzene rings is 1. The van der Waals surface area contributed by atoms with Crippen LogP contribution in [0.5, 0.6) is 0 Å². The molecule has 5 heteroatoms. The largest absolute Gasteiger partial charge is 0.389 e. The maximum absolute atomic E-state index is 10.9. The SMILES string of the molecule is CCN(CC(N)=O)Cc1ccc(C(N)=S)cc1C. The lowest BCUT2D eigenvalue weighted by Crippen LogP contribution is -2.33. The smallest absolute Gasteiger partial charge is 0.231 e. The van der Waals surface area contributed by atoms with Crippen molar-refractivity contribution in [3.63, 3.8) is 0 Å². The van der Waals surface area contributed by atoms with E-state index in [0.717, 1.165) is 23.2 Å². The van der Waals surface area contributed by atoms with Gasteiger partial charge in [-0.2, -0.15) is 0 Å². The molecule has 0 unspecified atom stereocenters. The van der Waals surface area contributed by atoms with E-state index in [1.807, 2.05) is 36.9 Å². The number of carbonyl (C=O) groups is 1. The summed E-state index contributed by atoms with van der Waals surface area (Å²) in [5.41, 5.74) is 13.9. The molecule has 0 bridgehead atoms. The van der Waals surface area contributed by atoms with E-state index in [0.29, 0.717) is 11.5 Å². The third kappa shape index (κ3) is 4.09. The van der Waals surface area contributed by atoms with E-state index in [1.54, 1.807) is 0 Å². The summed E-state index contributed by atoms with van der Waals surface area (Å²) in [5.74, 6) is -0.311. The molecule has 0 aromatic heterocycles. The molecule has 0 aliphatic carbocycles. The zero-order valence-corrected chi connectivity index (χ0v) is 11.6. The van der Waals surface area contributed by atoms with Gasteiger partial charge in [0.15, 0.2) is 0 Å².